The van der Waals surface area contributed by atoms with Gasteiger partial charge in [0.25, 0.3) is 0 Å². The van der Waals surface area contributed by atoms with Crippen molar-refractivity contribution in [1.82, 2.24) is 14.5 Å². The van der Waals surface area contributed by atoms with Gasteiger partial charge in [0, 0.05) is 11.9 Å². The van der Waals surface area contributed by atoms with E-state index in [1.54, 1.807) is 34.0 Å². The Labute approximate surface area is 191 Å². The van der Waals surface area contributed by atoms with Crippen LogP contribution in [0, 0.1) is 0 Å². The Kier molecular flexibility index (Phi) is 4.64. The number of thiophene rings is 3. The van der Waals surface area contributed by atoms with Crippen molar-refractivity contribution in [3.05, 3.63) is 95.8 Å². The monoisotopic (exact) mass is 456 g/mol. The topological polar surface area (TPSA) is 34.0 Å². The Morgan fingerprint density at radius 3 is 2.19 bits per heavy atom. The summed E-state index contributed by atoms with van der Waals surface area (Å²) in [6.45, 7) is 0. The van der Waals surface area contributed by atoms with Crippen molar-refractivity contribution in [2.45, 2.75) is 0 Å². The minimum absolute atomic E-state index is 0.868. The molecule has 6 rings (SSSR count). The highest BCUT2D eigenvalue weighted by molar-refractivity contribution is 7.21. The number of para-hydroxylation sites is 1. The molecule has 0 atom stereocenters. The van der Waals surface area contributed by atoms with E-state index in [-0.39, 0.29) is 0 Å². The zero-order valence-corrected chi connectivity index (χ0v) is 18.7. The third-order valence-electron chi connectivity index (χ3n) is 4.92. The molecule has 0 saturated carbocycles. The molecule has 7 heteroatoms. The molecule has 0 spiro atoms. The van der Waals surface area contributed by atoms with Gasteiger partial charge in [-0.3, -0.25) is 9.47 Å². The second kappa shape index (κ2) is 7.77. The zero-order chi connectivity index (χ0) is 20.6. The van der Waals surface area contributed by atoms with Gasteiger partial charge in [0.15, 0.2) is 11.5 Å². The average molecular weight is 457 g/mol. The molecular weight excluding hydrogens is 440 g/mol. The number of rotatable bonds is 5. The van der Waals surface area contributed by atoms with Crippen LogP contribution in [0.3, 0.4) is 0 Å². The number of hydrogen-bond donors (Lipinski definition) is 0. The lowest BCUT2D eigenvalue weighted by Crippen LogP contribution is -2.04. The first kappa shape index (κ1) is 18.5. The van der Waals surface area contributed by atoms with Gasteiger partial charge in [-0.2, -0.15) is 0 Å². The summed E-state index contributed by atoms with van der Waals surface area (Å²) >= 11 is 5.23. The summed E-state index contributed by atoms with van der Waals surface area (Å²) in [4.78, 5) is 13.0. The van der Waals surface area contributed by atoms with Crippen molar-refractivity contribution in [1.29, 1.82) is 0 Å². The lowest BCUT2D eigenvalue weighted by atomic mass is 10.3. The predicted molar refractivity (Wildman–Crippen MR) is 133 cm³/mol. The summed E-state index contributed by atoms with van der Waals surface area (Å²) in [7, 11) is 0. The molecule has 0 aliphatic rings. The first-order valence-corrected chi connectivity index (χ1v) is 12.3. The number of pyridine rings is 1. The fourth-order valence-corrected chi connectivity index (χ4v) is 6.29. The van der Waals surface area contributed by atoms with E-state index < -0.39 is 0 Å². The third-order valence-corrected chi connectivity index (χ3v) is 7.69. The van der Waals surface area contributed by atoms with Crippen LogP contribution in [0.4, 0.5) is 15.0 Å². The van der Waals surface area contributed by atoms with Crippen LogP contribution in [0.1, 0.15) is 0 Å². The second-order valence-corrected chi connectivity index (χ2v) is 9.74. The number of hydrogen-bond acceptors (Lipinski definition) is 6. The van der Waals surface area contributed by atoms with Gasteiger partial charge in [-0.05, 0) is 71.4 Å². The van der Waals surface area contributed by atoms with Gasteiger partial charge in [-0.15, -0.1) is 34.0 Å². The van der Waals surface area contributed by atoms with Crippen LogP contribution in [0.5, 0.6) is 0 Å². The van der Waals surface area contributed by atoms with Gasteiger partial charge in [-0.25, -0.2) is 9.97 Å². The second-order valence-electron chi connectivity index (χ2n) is 6.83. The van der Waals surface area contributed by atoms with E-state index in [0.29, 0.717) is 0 Å². The molecule has 0 unspecified atom stereocenters. The van der Waals surface area contributed by atoms with Crippen LogP contribution in [0.15, 0.2) is 95.8 Å². The molecular formula is C24H16N4S3. The molecule has 0 N–H and O–H groups in total. The van der Waals surface area contributed by atoms with E-state index >= 15 is 0 Å². The lowest BCUT2D eigenvalue weighted by molar-refractivity contribution is 1.08. The Bertz CT molecular complexity index is 1400. The third kappa shape index (κ3) is 3.27. The molecule has 0 bridgehead atoms. The molecule has 4 nitrogen and oxygen atoms in total. The summed E-state index contributed by atoms with van der Waals surface area (Å²) in [5, 5.41) is 7.80. The summed E-state index contributed by atoms with van der Waals surface area (Å²) in [6.07, 6.45) is 1.82. The smallest absolute Gasteiger partial charge is 0.164 e. The molecule has 6 aromatic rings. The summed E-state index contributed by atoms with van der Waals surface area (Å²) in [5.74, 6) is 0.911. The van der Waals surface area contributed by atoms with Crippen molar-refractivity contribution in [3.63, 3.8) is 0 Å². The molecule has 150 valence electrons. The first-order chi connectivity index (χ1) is 15.4. The molecule has 0 fully saturated rings. The van der Waals surface area contributed by atoms with E-state index in [1.165, 1.54) is 15.0 Å². The van der Waals surface area contributed by atoms with E-state index in [4.69, 9.17) is 4.98 Å². The Balaban J connectivity index is 1.52. The molecule has 0 amide bonds. The van der Waals surface area contributed by atoms with Crippen LogP contribution in [0.25, 0.3) is 27.6 Å². The molecule has 1 aromatic carbocycles. The maximum absolute atomic E-state index is 4.96. The average Bonchev–Trinajstić information content (AvgIpc) is 3.62. The number of benzene rings is 1. The summed E-state index contributed by atoms with van der Waals surface area (Å²) in [5.41, 5.74) is 2.82. The summed E-state index contributed by atoms with van der Waals surface area (Å²) in [6, 6.07) is 27.1. The number of nitrogens with zero attached hydrogens (tertiary/aromatic N) is 4. The zero-order valence-electron chi connectivity index (χ0n) is 16.3. The van der Waals surface area contributed by atoms with Crippen molar-refractivity contribution in [3.8, 4) is 16.4 Å². The van der Waals surface area contributed by atoms with Crippen molar-refractivity contribution >= 4 is 60.2 Å². The minimum Gasteiger partial charge on any atom is -0.284 e. The number of anilines is 3. The normalized spacial score (nSPS) is 11.2. The molecule has 0 aliphatic heterocycles. The van der Waals surface area contributed by atoms with Crippen molar-refractivity contribution in [2.24, 2.45) is 0 Å². The van der Waals surface area contributed by atoms with Crippen LogP contribution in [-0.2, 0) is 0 Å². The van der Waals surface area contributed by atoms with Gasteiger partial charge in [-0.1, -0.05) is 18.2 Å². The molecule has 0 radical (unpaired) electrons. The molecule has 31 heavy (non-hydrogen) atoms. The highest BCUT2D eigenvalue weighted by Gasteiger charge is 2.20. The van der Waals surface area contributed by atoms with E-state index in [2.05, 4.69) is 73.7 Å². The lowest BCUT2D eigenvalue weighted by Gasteiger charge is -2.19. The predicted octanol–water partition coefficient (Wildman–Crippen LogP) is 7.74. The summed E-state index contributed by atoms with van der Waals surface area (Å²) < 4.78 is 2.14. The molecule has 0 aliphatic carbocycles. The molecule has 5 aromatic heterocycles. The van der Waals surface area contributed by atoms with Crippen LogP contribution in [-0.4, -0.2) is 14.5 Å². The van der Waals surface area contributed by atoms with E-state index in [0.717, 1.165) is 27.6 Å². The quantitative estimate of drug-likeness (QED) is 0.266. The Hall–Kier alpha value is -3.26. The maximum Gasteiger partial charge on any atom is 0.164 e. The fourth-order valence-electron chi connectivity index (χ4n) is 3.59. The highest BCUT2D eigenvalue weighted by Crippen LogP contribution is 2.45. The van der Waals surface area contributed by atoms with Crippen molar-refractivity contribution < 1.29 is 0 Å². The Morgan fingerprint density at radius 1 is 0.710 bits per heavy atom. The van der Waals surface area contributed by atoms with Gasteiger partial charge in [0.2, 0.25) is 0 Å². The fraction of sp³-hybridized carbons (Fsp3) is 0. The van der Waals surface area contributed by atoms with Crippen molar-refractivity contribution in [2.75, 3.05) is 4.90 Å². The van der Waals surface area contributed by atoms with Crippen LogP contribution >= 0.6 is 34.0 Å². The molecule has 5 heterocycles. The Morgan fingerprint density at radius 2 is 1.48 bits per heavy atom. The standard InChI is InChI=1S/C24H16N4S3/c1-2-7-17(8-3-1)27-23-18(9-4-14-25-23)26-24(27)19-12-13-22(31-19)28(20-10-5-15-29-20)21-11-6-16-30-21/h1-16H. The number of imidazole rings is 1. The van der Waals surface area contributed by atoms with Gasteiger partial charge < -0.3 is 0 Å². The SMILES string of the molecule is c1ccc(-n2c(-c3ccc(N(c4cccs4)c4cccs4)s3)nc3cccnc32)cc1. The first-order valence-electron chi connectivity index (χ1n) is 9.75. The number of aromatic nitrogens is 3. The van der Waals surface area contributed by atoms with Gasteiger partial charge in [0.05, 0.1) is 4.88 Å². The van der Waals surface area contributed by atoms with Gasteiger partial charge in [0.1, 0.15) is 20.5 Å². The maximum atomic E-state index is 4.96. The van der Waals surface area contributed by atoms with Crippen LogP contribution < -0.4 is 4.90 Å². The highest BCUT2D eigenvalue weighted by atomic mass is 32.1. The van der Waals surface area contributed by atoms with Gasteiger partial charge >= 0.3 is 0 Å². The molecule has 0 saturated heterocycles. The van der Waals surface area contributed by atoms with E-state index in [1.807, 2.05) is 36.5 Å². The largest absolute Gasteiger partial charge is 0.284 e. The van der Waals surface area contributed by atoms with E-state index in [9.17, 15) is 0 Å². The number of fused-ring (bicyclic) bond motifs is 1. The minimum atomic E-state index is 0.868. The van der Waals surface area contributed by atoms with Crippen LogP contribution in [0.2, 0.25) is 0 Å².